The molecule has 1 aliphatic heterocycles. The van der Waals surface area contributed by atoms with Crippen LogP contribution in [0.2, 0.25) is 0 Å². The van der Waals surface area contributed by atoms with Crippen molar-refractivity contribution in [3.8, 4) is 11.5 Å². The van der Waals surface area contributed by atoms with Gasteiger partial charge < -0.3 is 9.64 Å². The van der Waals surface area contributed by atoms with Gasteiger partial charge in [0.1, 0.15) is 17.3 Å². The van der Waals surface area contributed by atoms with Crippen LogP contribution in [0.3, 0.4) is 0 Å². The van der Waals surface area contributed by atoms with Crippen LogP contribution in [0.5, 0.6) is 11.5 Å². The van der Waals surface area contributed by atoms with Gasteiger partial charge in [0.2, 0.25) is 10.0 Å². The SMILES string of the molecule is O=C(c1ccccc1Oc1ccccc1)N1CCN(S(=O)(=O)c2cccc(F)c2)CC1. The van der Waals surface area contributed by atoms with Gasteiger partial charge in [0.05, 0.1) is 10.5 Å². The van der Waals surface area contributed by atoms with Gasteiger partial charge in [-0.2, -0.15) is 4.31 Å². The average molecular weight is 440 g/mol. The zero-order chi connectivity index (χ0) is 21.8. The van der Waals surface area contributed by atoms with Crippen molar-refractivity contribution in [3.63, 3.8) is 0 Å². The van der Waals surface area contributed by atoms with E-state index < -0.39 is 15.8 Å². The molecule has 0 unspecified atom stereocenters. The van der Waals surface area contributed by atoms with Crippen LogP contribution < -0.4 is 4.74 Å². The molecular formula is C23H21FN2O4S. The van der Waals surface area contributed by atoms with Crippen molar-refractivity contribution >= 4 is 15.9 Å². The number of carbonyl (C=O) groups is 1. The van der Waals surface area contributed by atoms with Crippen LogP contribution in [-0.2, 0) is 10.0 Å². The lowest BCUT2D eigenvalue weighted by atomic mass is 10.1. The Kier molecular flexibility index (Phi) is 6.01. The van der Waals surface area contributed by atoms with E-state index in [2.05, 4.69) is 0 Å². The molecule has 3 aromatic rings. The highest BCUT2D eigenvalue weighted by atomic mass is 32.2. The Balaban J connectivity index is 1.47. The number of nitrogens with zero attached hydrogens (tertiary/aromatic N) is 2. The molecule has 1 amide bonds. The van der Waals surface area contributed by atoms with Gasteiger partial charge in [-0.05, 0) is 42.5 Å². The van der Waals surface area contributed by atoms with E-state index in [1.165, 1.54) is 22.5 Å². The van der Waals surface area contributed by atoms with Gasteiger partial charge in [-0.25, -0.2) is 12.8 Å². The number of rotatable bonds is 5. The molecule has 6 nitrogen and oxygen atoms in total. The van der Waals surface area contributed by atoms with Gasteiger partial charge in [-0.3, -0.25) is 4.79 Å². The zero-order valence-corrected chi connectivity index (χ0v) is 17.5. The van der Waals surface area contributed by atoms with E-state index in [0.29, 0.717) is 17.1 Å². The first-order valence-electron chi connectivity index (χ1n) is 9.82. The summed E-state index contributed by atoms with van der Waals surface area (Å²) in [4.78, 5) is 14.6. The number of halogens is 1. The first-order chi connectivity index (χ1) is 14.9. The van der Waals surface area contributed by atoms with Gasteiger partial charge in [-0.1, -0.05) is 36.4 Å². The van der Waals surface area contributed by atoms with Crippen molar-refractivity contribution in [3.05, 3.63) is 90.2 Å². The number of benzene rings is 3. The molecule has 0 N–H and O–H groups in total. The number of para-hydroxylation sites is 2. The Morgan fingerprint density at radius 1 is 0.839 bits per heavy atom. The summed E-state index contributed by atoms with van der Waals surface area (Å²) in [5, 5.41) is 0. The summed E-state index contributed by atoms with van der Waals surface area (Å²) in [5.74, 6) is 0.224. The molecule has 0 atom stereocenters. The number of hydrogen-bond donors (Lipinski definition) is 0. The lowest BCUT2D eigenvalue weighted by Gasteiger charge is -2.34. The van der Waals surface area contributed by atoms with Crippen molar-refractivity contribution in [1.29, 1.82) is 0 Å². The van der Waals surface area contributed by atoms with Gasteiger partial charge in [0.15, 0.2) is 0 Å². The highest BCUT2D eigenvalue weighted by Gasteiger charge is 2.31. The second-order valence-electron chi connectivity index (χ2n) is 7.06. The number of ether oxygens (including phenoxy) is 1. The average Bonchev–Trinajstić information content (AvgIpc) is 2.80. The normalized spacial score (nSPS) is 14.9. The highest BCUT2D eigenvalue weighted by Crippen LogP contribution is 2.27. The van der Waals surface area contributed by atoms with Crippen LogP contribution in [0.1, 0.15) is 10.4 Å². The quantitative estimate of drug-likeness (QED) is 0.606. The molecule has 0 radical (unpaired) electrons. The molecular weight excluding hydrogens is 419 g/mol. The lowest BCUT2D eigenvalue weighted by molar-refractivity contribution is 0.0695. The third kappa shape index (κ3) is 4.60. The van der Waals surface area contributed by atoms with Crippen molar-refractivity contribution in [2.45, 2.75) is 4.90 Å². The first kappa shape index (κ1) is 21.0. The highest BCUT2D eigenvalue weighted by molar-refractivity contribution is 7.89. The Hall–Kier alpha value is -3.23. The summed E-state index contributed by atoms with van der Waals surface area (Å²) in [7, 11) is -3.82. The Morgan fingerprint density at radius 3 is 2.23 bits per heavy atom. The largest absolute Gasteiger partial charge is 0.457 e. The molecule has 3 aromatic carbocycles. The van der Waals surface area contributed by atoms with E-state index in [1.54, 1.807) is 41.3 Å². The molecule has 1 aliphatic rings. The van der Waals surface area contributed by atoms with E-state index >= 15 is 0 Å². The minimum Gasteiger partial charge on any atom is -0.457 e. The first-order valence-corrected chi connectivity index (χ1v) is 11.3. The van der Waals surface area contributed by atoms with Gasteiger partial charge >= 0.3 is 0 Å². The minimum absolute atomic E-state index is 0.0890. The van der Waals surface area contributed by atoms with Crippen molar-refractivity contribution in [2.24, 2.45) is 0 Å². The maximum atomic E-state index is 13.5. The van der Waals surface area contributed by atoms with Crippen LogP contribution in [-0.4, -0.2) is 49.7 Å². The summed E-state index contributed by atoms with van der Waals surface area (Å²) in [6.45, 7) is 0.721. The molecule has 0 aliphatic carbocycles. The third-order valence-corrected chi connectivity index (χ3v) is 6.94. The lowest BCUT2D eigenvalue weighted by Crippen LogP contribution is -2.50. The molecule has 1 fully saturated rings. The maximum Gasteiger partial charge on any atom is 0.257 e. The minimum atomic E-state index is -3.82. The molecule has 31 heavy (non-hydrogen) atoms. The van der Waals surface area contributed by atoms with Gasteiger partial charge in [0, 0.05) is 26.2 Å². The monoisotopic (exact) mass is 440 g/mol. The van der Waals surface area contributed by atoms with Crippen LogP contribution in [0, 0.1) is 5.82 Å². The predicted molar refractivity (Wildman–Crippen MR) is 114 cm³/mol. The predicted octanol–water partition coefficient (Wildman–Crippen LogP) is 3.76. The van der Waals surface area contributed by atoms with E-state index in [4.69, 9.17) is 4.74 Å². The molecule has 0 saturated carbocycles. The second kappa shape index (κ2) is 8.87. The van der Waals surface area contributed by atoms with Crippen molar-refractivity contribution < 1.29 is 22.3 Å². The fraction of sp³-hybridized carbons (Fsp3) is 0.174. The van der Waals surface area contributed by atoms with Crippen molar-refractivity contribution in [1.82, 2.24) is 9.21 Å². The summed E-state index contributed by atoms with van der Waals surface area (Å²) >= 11 is 0. The molecule has 160 valence electrons. The summed E-state index contributed by atoms with van der Waals surface area (Å²) in [5.41, 5.74) is 0.410. The van der Waals surface area contributed by atoms with Crippen LogP contribution >= 0.6 is 0 Å². The number of sulfonamides is 1. The molecule has 0 spiro atoms. The van der Waals surface area contributed by atoms with Gasteiger partial charge in [-0.15, -0.1) is 0 Å². The second-order valence-corrected chi connectivity index (χ2v) is 9.00. The fourth-order valence-corrected chi connectivity index (χ4v) is 4.88. The molecule has 0 bridgehead atoms. The van der Waals surface area contributed by atoms with Crippen molar-refractivity contribution in [2.75, 3.05) is 26.2 Å². The smallest absolute Gasteiger partial charge is 0.257 e. The molecule has 4 rings (SSSR count). The Labute approximate surface area is 180 Å². The molecule has 1 heterocycles. The van der Waals surface area contributed by atoms with Crippen LogP contribution in [0.15, 0.2) is 83.8 Å². The molecule has 1 saturated heterocycles. The standard InChI is InChI=1S/C23H21FN2O4S/c24-18-7-6-10-20(17-18)31(28,29)26-15-13-25(14-16-26)23(27)21-11-4-5-12-22(21)30-19-8-2-1-3-9-19/h1-12,17H,13-16H2. The summed E-state index contributed by atoms with van der Waals surface area (Å²) in [6.07, 6.45) is 0. The zero-order valence-electron chi connectivity index (χ0n) is 16.6. The topological polar surface area (TPSA) is 66.9 Å². The Bertz CT molecular complexity index is 1180. The summed E-state index contributed by atoms with van der Waals surface area (Å²) < 4.78 is 46.2. The maximum absolute atomic E-state index is 13.5. The van der Waals surface area contributed by atoms with Crippen LogP contribution in [0.4, 0.5) is 4.39 Å². The number of amides is 1. The van der Waals surface area contributed by atoms with E-state index in [-0.39, 0.29) is 37.0 Å². The van der Waals surface area contributed by atoms with E-state index in [9.17, 15) is 17.6 Å². The fourth-order valence-electron chi connectivity index (χ4n) is 3.43. The molecule has 8 heteroatoms. The van der Waals surface area contributed by atoms with E-state index in [1.807, 2.05) is 18.2 Å². The van der Waals surface area contributed by atoms with E-state index in [0.717, 1.165) is 6.07 Å². The molecule has 0 aromatic heterocycles. The van der Waals surface area contributed by atoms with Gasteiger partial charge in [0.25, 0.3) is 5.91 Å². The summed E-state index contributed by atoms with van der Waals surface area (Å²) in [6, 6.07) is 21.1. The van der Waals surface area contributed by atoms with Crippen LogP contribution in [0.25, 0.3) is 0 Å². The number of carbonyl (C=O) groups excluding carboxylic acids is 1. The Morgan fingerprint density at radius 2 is 1.52 bits per heavy atom. The third-order valence-electron chi connectivity index (χ3n) is 5.05. The number of piperazine rings is 1. The number of hydrogen-bond acceptors (Lipinski definition) is 4.